The van der Waals surface area contributed by atoms with Gasteiger partial charge in [-0.3, -0.25) is 9.98 Å². The highest BCUT2D eigenvalue weighted by atomic mass is 15.2. The number of pyridine rings is 1. The molecule has 0 saturated carbocycles. The van der Waals surface area contributed by atoms with Crippen molar-refractivity contribution in [2.75, 3.05) is 18.5 Å². The molecule has 70 valence electrons. The number of guanidine groups is 1. The molecule has 1 aromatic heterocycles. The molecule has 0 atom stereocenters. The molecule has 0 aliphatic rings. The minimum absolute atomic E-state index is 0.510. The quantitative estimate of drug-likeness (QED) is 0.539. The average molecular weight is 178 g/mol. The van der Waals surface area contributed by atoms with E-state index in [2.05, 4.69) is 9.98 Å². The lowest BCUT2D eigenvalue weighted by atomic mass is 10.4. The second-order valence-electron chi connectivity index (χ2n) is 2.60. The van der Waals surface area contributed by atoms with Gasteiger partial charge in [-0.25, -0.2) is 0 Å². The molecular weight excluding hydrogens is 164 g/mol. The van der Waals surface area contributed by atoms with Crippen LogP contribution in [0, 0.1) is 0 Å². The third-order valence-electron chi connectivity index (χ3n) is 1.70. The molecule has 0 radical (unpaired) electrons. The summed E-state index contributed by atoms with van der Waals surface area (Å²) in [5.74, 6) is 0.510. The van der Waals surface area contributed by atoms with Gasteiger partial charge in [-0.2, -0.15) is 0 Å². The van der Waals surface area contributed by atoms with Gasteiger partial charge in [-0.15, -0.1) is 0 Å². The smallest absolute Gasteiger partial charge is 0.195 e. The average Bonchev–Trinajstić information content (AvgIpc) is 2.18. The van der Waals surface area contributed by atoms with Crippen LogP contribution in [0.4, 0.5) is 5.69 Å². The molecule has 1 aromatic rings. The Hall–Kier alpha value is -1.58. The van der Waals surface area contributed by atoms with Gasteiger partial charge in [0.15, 0.2) is 5.96 Å². The zero-order valence-electron chi connectivity index (χ0n) is 7.94. The van der Waals surface area contributed by atoms with Crippen molar-refractivity contribution >= 4 is 11.6 Å². The first-order chi connectivity index (χ1) is 6.25. The Morgan fingerprint density at radius 2 is 2.46 bits per heavy atom. The van der Waals surface area contributed by atoms with Crippen molar-refractivity contribution in [3.8, 4) is 0 Å². The monoisotopic (exact) mass is 178 g/mol. The van der Waals surface area contributed by atoms with Crippen LogP contribution in [-0.2, 0) is 0 Å². The van der Waals surface area contributed by atoms with Gasteiger partial charge in [0.25, 0.3) is 0 Å². The van der Waals surface area contributed by atoms with Crippen LogP contribution in [0.1, 0.15) is 6.92 Å². The van der Waals surface area contributed by atoms with Gasteiger partial charge in [-0.1, -0.05) is 0 Å². The predicted molar refractivity (Wildman–Crippen MR) is 54.8 cm³/mol. The number of anilines is 1. The number of aromatic nitrogens is 1. The summed E-state index contributed by atoms with van der Waals surface area (Å²) >= 11 is 0. The molecule has 2 N–H and O–H groups in total. The Bertz CT molecular complexity index is 281. The summed E-state index contributed by atoms with van der Waals surface area (Å²) in [5.41, 5.74) is 6.65. The predicted octanol–water partition coefficient (Wildman–Crippen LogP) is 0.852. The van der Waals surface area contributed by atoms with Gasteiger partial charge in [0.05, 0.1) is 11.9 Å². The summed E-state index contributed by atoms with van der Waals surface area (Å²) in [6.07, 6.45) is 3.47. The second kappa shape index (κ2) is 4.45. The molecule has 0 aromatic carbocycles. The summed E-state index contributed by atoms with van der Waals surface area (Å²) in [7, 11) is 1.87. The highest BCUT2D eigenvalue weighted by Crippen LogP contribution is 2.07. The lowest BCUT2D eigenvalue weighted by Crippen LogP contribution is -2.34. The van der Waals surface area contributed by atoms with Crippen molar-refractivity contribution in [2.45, 2.75) is 6.92 Å². The van der Waals surface area contributed by atoms with Crippen molar-refractivity contribution in [2.24, 2.45) is 10.7 Å². The topological polar surface area (TPSA) is 54.5 Å². The van der Waals surface area contributed by atoms with Crippen molar-refractivity contribution in [3.05, 3.63) is 24.5 Å². The van der Waals surface area contributed by atoms with Crippen LogP contribution in [0.25, 0.3) is 0 Å². The third-order valence-corrected chi connectivity index (χ3v) is 1.70. The Labute approximate surface area is 78.1 Å². The van der Waals surface area contributed by atoms with Crippen LogP contribution in [0.2, 0.25) is 0 Å². The van der Waals surface area contributed by atoms with E-state index in [4.69, 9.17) is 5.73 Å². The standard InChI is InChI=1S/C9H14N4/c1-3-12-9(10)13(2)8-5-4-6-11-7-8/h4-7H,3H2,1-2H3,(H2,10,12). The van der Waals surface area contributed by atoms with E-state index in [1.165, 1.54) is 0 Å². The number of hydrogen-bond acceptors (Lipinski definition) is 2. The van der Waals surface area contributed by atoms with Gasteiger partial charge >= 0.3 is 0 Å². The van der Waals surface area contributed by atoms with E-state index in [9.17, 15) is 0 Å². The van der Waals surface area contributed by atoms with Crippen LogP contribution in [-0.4, -0.2) is 24.5 Å². The molecule has 1 rings (SSSR count). The number of nitrogens with two attached hydrogens (primary N) is 1. The number of hydrogen-bond donors (Lipinski definition) is 1. The van der Waals surface area contributed by atoms with Crippen LogP contribution >= 0.6 is 0 Å². The summed E-state index contributed by atoms with van der Waals surface area (Å²) in [6.45, 7) is 2.64. The maximum Gasteiger partial charge on any atom is 0.195 e. The van der Waals surface area contributed by atoms with E-state index in [-0.39, 0.29) is 0 Å². The first-order valence-electron chi connectivity index (χ1n) is 4.19. The molecule has 1 heterocycles. The molecule has 0 bridgehead atoms. The van der Waals surface area contributed by atoms with Crippen LogP contribution in [0.3, 0.4) is 0 Å². The van der Waals surface area contributed by atoms with Gasteiger partial charge < -0.3 is 10.6 Å². The Morgan fingerprint density at radius 1 is 1.69 bits per heavy atom. The Kier molecular flexibility index (Phi) is 3.25. The van der Waals surface area contributed by atoms with Crippen molar-refractivity contribution < 1.29 is 0 Å². The zero-order valence-corrected chi connectivity index (χ0v) is 7.94. The fourth-order valence-electron chi connectivity index (χ4n) is 0.952. The first-order valence-corrected chi connectivity index (χ1v) is 4.19. The molecular formula is C9H14N4. The maximum atomic E-state index is 5.71. The SMILES string of the molecule is CCN=C(N)N(C)c1cccnc1. The second-order valence-corrected chi connectivity index (χ2v) is 2.60. The molecule has 0 fully saturated rings. The molecule has 0 unspecified atom stereocenters. The van der Waals surface area contributed by atoms with Gasteiger partial charge in [0.2, 0.25) is 0 Å². The Morgan fingerprint density at radius 3 is 3.00 bits per heavy atom. The summed E-state index contributed by atoms with van der Waals surface area (Å²) in [6, 6.07) is 3.80. The van der Waals surface area contributed by atoms with Crippen molar-refractivity contribution in [1.82, 2.24) is 4.98 Å². The maximum absolute atomic E-state index is 5.71. The largest absolute Gasteiger partial charge is 0.370 e. The molecule has 13 heavy (non-hydrogen) atoms. The zero-order chi connectivity index (χ0) is 9.68. The van der Waals surface area contributed by atoms with Crippen LogP contribution in [0.15, 0.2) is 29.5 Å². The van der Waals surface area contributed by atoms with E-state index >= 15 is 0 Å². The lowest BCUT2D eigenvalue weighted by Gasteiger charge is -2.16. The van der Waals surface area contributed by atoms with E-state index in [1.807, 2.05) is 26.1 Å². The Balaban J connectivity index is 2.79. The molecule has 0 saturated heterocycles. The van der Waals surface area contributed by atoms with E-state index in [1.54, 1.807) is 17.3 Å². The number of nitrogens with zero attached hydrogens (tertiary/aromatic N) is 3. The third kappa shape index (κ3) is 2.43. The summed E-state index contributed by atoms with van der Waals surface area (Å²) in [5, 5.41) is 0. The number of rotatable bonds is 2. The molecule has 4 heteroatoms. The first kappa shape index (κ1) is 9.51. The van der Waals surface area contributed by atoms with Crippen molar-refractivity contribution in [3.63, 3.8) is 0 Å². The van der Waals surface area contributed by atoms with E-state index in [0.29, 0.717) is 12.5 Å². The molecule has 4 nitrogen and oxygen atoms in total. The van der Waals surface area contributed by atoms with Gasteiger partial charge in [-0.05, 0) is 19.1 Å². The molecule has 0 aliphatic carbocycles. The molecule has 0 spiro atoms. The molecule has 0 aliphatic heterocycles. The minimum atomic E-state index is 0.510. The van der Waals surface area contributed by atoms with E-state index in [0.717, 1.165) is 5.69 Å². The van der Waals surface area contributed by atoms with Crippen LogP contribution < -0.4 is 10.6 Å². The fraction of sp³-hybridized carbons (Fsp3) is 0.333. The minimum Gasteiger partial charge on any atom is -0.370 e. The van der Waals surface area contributed by atoms with E-state index < -0.39 is 0 Å². The van der Waals surface area contributed by atoms with Crippen molar-refractivity contribution in [1.29, 1.82) is 0 Å². The highest BCUT2D eigenvalue weighted by molar-refractivity contribution is 5.94. The number of aliphatic imine (C=N–C) groups is 1. The van der Waals surface area contributed by atoms with Crippen LogP contribution in [0.5, 0.6) is 0 Å². The summed E-state index contributed by atoms with van der Waals surface area (Å²) in [4.78, 5) is 9.89. The lowest BCUT2D eigenvalue weighted by molar-refractivity contribution is 1.08. The normalized spacial score (nSPS) is 11.4. The fourth-order valence-corrected chi connectivity index (χ4v) is 0.952. The van der Waals surface area contributed by atoms with Gasteiger partial charge in [0, 0.05) is 19.8 Å². The summed E-state index contributed by atoms with van der Waals surface area (Å²) < 4.78 is 0. The van der Waals surface area contributed by atoms with Gasteiger partial charge in [0.1, 0.15) is 0 Å². The molecule has 0 amide bonds. The highest BCUT2D eigenvalue weighted by Gasteiger charge is 2.02.